The molecule has 16 heavy (non-hydrogen) atoms. The number of nitrogens with zero attached hydrogens (tertiary/aromatic N) is 2. The van der Waals surface area contributed by atoms with Crippen LogP contribution in [-0.4, -0.2) is 11.5 Å². The quantitative estimate of drug-likeness (QED) is 0.240. The minimum absolute atomic E-state index is 0.227. The van der Waals surface area contributed by atoms with E-state index in [-0.39, 0.29) is 5.11 Å². The molecule has 5 nitrogen and oxygen atoms in total. The van der Waals surface area contributed by atoms with Crippen LogP contribution in [-0.2, 0) is 0 Å². The van der Waals surface area contributed by atoms with E-state index in [0.29, 0.717) is 0 Å². The van der Waals surface area contributed by atoms with Gasteiger partial charge in [0.05, 0.1) is 5.69 Å². The summed E-state index contributed by atoms with van der Waals surface area (Å²) in [6.45, 7) is 3.45. The second-order valence-electron chi connectivity index (χ2n) is 2.89. The number of aliphatic imine (C=N–C) groups is 1. The van der Waals surface area contributed by atoms with E-state index in [1.807, 2.05) is 24.3 Å². The molecule has 6 heteroatoms. The van der Waals surface area contributed by atoms with Crippen molar-refractivity contribution >= 4 is 35.0 Å². The van der Waals surface area contributed by atoms with Gasteiger partial charge in [0.25, 0.3) is 0 Å². The number of thiocarbonyl (C=S) groups is 1. The molecule has 0 bridgehead atoms. The maximum atomic E-state index is 5.70. The molecule has 0 aliphatic rings. The first-order valence-corrected chi connectivity index (χ1v) is 4.89. The highest BCUT2D eigenvalue weighted by molar-refractivity contribution is 7.80. The van der Waals surface area contributed by atoms with Crippen LogP contribution < -0.4 is 21.9 Å². The average Bonchev–Trinajstić information content (AvgIpc) is 2.26. The summed E-state index contributed by atoms with van der Waals surface area (Å²) >= 11 is 4.72. The van der Waals surface area contributed by atoms with Crippen LogP contribution in [0, 0.1) is 0 Å². The predicted molar refractivity (Wildman–Crippen MR) is 72.2 cm³/mol. The summed E-state index contributed by atoms with van der Waals surface area (Å²) in [6.07, 6.45) is 2.87. The molecule has 0 unspecified atom stereocenters. The smallest absolute Gasteiger partial charge is 0.168 e. The molecule has 0 aliphatic heterocycles. The van der Waals surface area contributed by atoms with Gasteiger partial charge in [-0.3, -0.25) is 5.01 Å². The summed E-state index contributed by atoms with van der Waals surface area (Å²) in [4.78, 5) is 3.80. The van der Waals surface area contributed by atoms with Crippen LogP contribution in [0.25, 0.3) is 0 Å². The monoisotopic (exact) mass is 235 g/mol. The van der Waals surface area contributed by atoms with Crippen molar-refractivity contribution in [1.82, 2.24) is 0 Å². The van der Waals surface area contributed by atoms with Gasteiger partial charge in [0.1, 0.15) is 6.34 Å². The Labute approximate surface area is 99.4 Å². The van der Waals surface area contributed by atoms with Crippen LogP contribution >= 0.6 is 12.2 Å². The van der Waals surface area contributed by atoms with E-state index in [1.165, 1.54) is 17.5 Å². The lowest BCUT2D eigenvalue weighted by atomic mass is 10.3. The van der Waals surface area contributed by atoms with Gasteiger partial charge < -0.3 is 11.1 Å². The van der Waals surface area contributed by atoms with Crippen LogP contribution in [0.3, 0.4) is 0 Å². The molecule has 0 aromatic heterocycles. The molecule has 1 rings (SSSR count). The Hall–Kier alpha value is -1.92. The molecule has 0 spiro atoms. The summed E-state index contributed by atoms with van der Waals surface area (Å²) in [6, 6.07) is 7.26. The van der Waals surface area contributed by atoms with Crippen molar-refractivity contribution < 1.29 is 0 Å². The summed E-state index contributed by atoms with van der Waals surface area (Å²) in [7, 11) is 0. The molecule has 0 aliphatic carbocycles. The number of hydrazine groups is 1. The number of hydrogen-bond acceptors (Lipinski definition) is 3. The van der Waals surface area contributed by atoms with Crippen molar-refractivity contribution in [3.05, 3.63) is 37.0 Å². The summed E-state index contributed by atoms with van der Waals surface area (Å²) in [5.41, 5.74) is 6.94. The van der Waals surface area contributed by atoms with E-state index in [9.17, 15) is 0 Å². The van der Waals surface area contributed by atoms with Crippen LogP contribution in [0.4, 0.5) is 11.4 Å². The standard InChI is InChI=1S/C10H13N5S/c1-2-13-7-15(12)9-5-3-8(4-6-9)14-10(11)16/h2-7H,1,12H2,(H3,11,14,16). The fraction of sp³-hybridized carbons (Fsp3) is 0. The Morgan fingerprint density at radius 1 is 1.44 bits per heavy atom. The largest absolute Gasteiger partial charge is 0.376 e. The zero-order chi connectivity index (χ0) is 12.0. The van der Waals surface area contributed by atoms with Crippen LogP contribution in [0.15, 0.2) is 42.0 Å². The Balaban J connectivity index is 2.74. The second kappa shape index (κ2) is 5.84. The molecule has 0 heterocycles. The minimum atomic E-state index is 0.227. The highest BCUT2D eigenvalue weighted by Crippen LogP contribution is 2.14. The Morgan fingerprint density at radius 3 is 2.56 bits per heavy atom. The number of nitrogens with two attached hydrogens (primary N) is 2. The van der Waals surface area contributed by atoms with Crippen molar-refractivity contribution in [3.63, 3.8) is 0 Å². The van der Waals surface area contributed by atoms with E-state index >= 15 is 0 Å². The van der Waals surface area contributed by atoms with Gasteiger partial charge in [0, 0.05) is 11.9 Å². The molecule has 0 saturated heterocycles. The van der Waals surface area contributed by atoms with Gasteiger partial charge in [-0.15, -0.1) is 0 Å². The summed E-state index contributed by atoms with van der Waals surface area (Å²) < 4.78 is 0. The third-order valence-electron chi connectivity index (χ3n) is 1.73. The molecule has 84 valence electrons. The lowest BCUT2D eigenvalue weighted by Crippen LogP contribution is -2.28. The highest BCUT2D eigenvalue weighted by atomic mass is 32.1. The summed E-state index contributed by atoms with van der Waals surface area (Å²) in [5, 5.41) is 4.42. The third-order valence-corrected chi connectivity index (χ3v) is 1.83. The Bertz CT molecular complexity index is 398. The first-order valence-electron chi connectivity index (χ1n) is 4.48. The van der Waals surface area contributed by atoms with E-state index in [0.717, 1.165) is 11.4 Å². The molecular formula is C10H13N5S. The molecule has 1 aromatic rings. The highest BCUT2D eigenvalue weighted by Gasteiger charge is 1.98. The Kier molecular flexibility index (Phi) is 4.43. The van der Waals surface area contributed by atoms with Crippen molar-refractivity contribution in [2.24, 2.45) is 16.6 Å². The normalized spacial score (nSPS) is 10.1. The van der Waals surface area contributed by atoms with E-state index in [4.69, 9.17) is 23.8 Å². The lowest BCUT2D eigenvalue weighted by molar-refractivity contribution is 1.15. The molecule has 0 saturated carbocycles. The van der Waals surface area contributed by atoms with Gasteiger partial charge in [-0.1, -0.05) is 6.58 Å². The average molecular weight is 235 g/mol. The fourth-order valence-electron chi connectivity index (χ4n) is 1.04. The zero-order valence-electron chi connectivity index (χ0n) is 8.63. The van der Waals surface area contributed by atoms with Crippen molar-refractivity contribution in [2.45, 2.75) is 0 Å². The fourth-order valence-corrected chi connectivity index (χ4v) is 1.16. The van der Waals surface area contributed by atoms with E-state index in [1.54, 1.807) is 0 Å². The van der Waals surface area contributed by atoms with Gasteiger partial charge in [-0.05, 0) is 36.5 Å². The maximum Gasteiger partial charge on any atom is 0.168 e. The van der Waals surface area contributed by atoms with Crippen molar-refractivity contribution in [1.29, 1.82) is 0 Å². The molecule has 1 aromatic carbocycles. The number of anilines is 2. The second-order valence-corrected chi connectivity index (χ2v) is 3.33. The van der Waals surface area contributed by atoms with Gasteiger partial charge >= 0.3 is 0 Å². The molecule has 0 atom stereocenters. The first kappa shape index (κ1) is 12.2. The van der Waals surface area contributed by atoms with Crippen LogP contribution in [0.1, 0.15) is 0 Å². The SMILES string of the molecule is C=CN=CN(N)c1ccc(NC(N)=S)cc1. The molecule has 0 radical (unpaired) electrons. The molecule has 0 amide bonds. The number of rotatable bonds is 4. The van der Waals surface area contributed by atoms with Crippen LogP contribution in [0.5, 0.6) is 0 Å². The first-order chi connectivity index (χ1) is 7.63. The van der Waals surface area contributed by atoms with Crippen molar-refractivity contribution in [3.8, 4) is 0 Å². The van der Waals surface area contributed by atoms with Crippen molar-refractivity contribution in [2.75, 3.05) is 10.3 Å². The molecule has 5 N–H and O–H groups in total. The lowest BCUT2D eigenvalue weighted by Gasteiger charge is -2.12. The molecule has 0 fully saturated rings. The zero-order valence-corrected chi connectivity index (χ0v) is 9.45. The Morgan fingerprint density at radius 2 is 2.06 bits per heavy atom. The topological polar surface area (TPSA) is 79.7 Å². The van der Waals surface area contributed by atoms with E-state index < -0.39 is 0 Å². The maximum absolute atomic E-state index is 5.70. The van der Waals surface area contributed by atoms with Gasteiger partial charge in [0.15, 0.2) is 5.11 Å². The number of benzene rings is 1. The van der Waals surface area contributed by atoms with Gasteiger partial charge in [-0.25, -0.2) is 10.8 Å². The third kappa shape index (κ3) is 3.68. The minimum Gasteiger partial charge on any atom is -0.376 e. The number of nitrogens with one attached hydrogen (secondary N) is 1. The molecular weight excluding hydrogens is 222 g/mol. The van der Waals surface area contributed by atoms with Gasteiger partial charge in [-0.2, -0.15) is 0 Å². The predicted octanol–water partition coefficient (Wildman–Crippen LogP) is 1.19. The number of hydrogen-bond donors (Lipinski definition) is 3. The van der Waals surface area contributed by atoms with Gasteiger partial charge in [0.2, 0.25) is 0 Å². The summed E-state index contributed by atoms with van der Waals surface area (Å²) in [5.74, 6) is 5.70. The van der Waals surface area contributed by atoms with E-state index in [2.05, 4.69) is 16.9 Å². The van der Waals surface area contributed by atoms with Crippen LogP contribution in [0.2, 0.25) is 0 Å².